The highest BCUT2D eigenvalue weighted by Gasteiger charge is 2.24. The molecule has 0 heterocycles. The summed E-state index contributed by atoms with van der Waals surface area (Å²) in [6, 6.07) is -0.815. The molecule has 0 aromatic carbocycles. The lowest BCUT2D eigenvalue weighted by Crippen LogP contribution is -2.46. The number of quaternary nitrogens is 1. The summed E-state index contributed by atoms with van der Waals surface area (Å²) in [6.45, 7) is 4.61. The van der Waals surface area contributed by atoms with Gasteiger partial charge in [0.05, 0.1) is 39.9 Å². The molecular weight excluding hydrogens is 828 g/mol. The van der Waals surface area contributed by atoms with Crippen molar-refractivity contribution < 1.29 is 32.9 Å². The summed E-state index contributed by atoms with van der Waals surface area (Å²) in [5.74, 6) is -0.183. The number of aliphatic hydroxyl groups excluding tert-OH is 1. The molecule has 0 aliphatic heterocycles. The first-order valence-electron chi connectivity index (χ1n) is 27.1. The summed E-state index contributed by atoms with van der Waals surface area (Å²) >= 11 is 0. The van der Waals surface area contributed by atoms with Gasteiger partial charge in [0, 0.05) is 6.42 Å². The molecule has 0 aliphatic carbocycles. The van der Waals surface area contributed by atoms with Crippen LogP contribution in [0.3, 0.4) is 0 Å². The summed E-state index contributed by atoms with van der Waals surface area (Å²) in [4.78, 5) is 25.5. The normalized spacial score (nSPS) is 14.5. The number of nitrogens with one attached hydrogen (secondary N) is 1. The van der Waals surface area contributed by atoms with Gasteiger partial charge in [-0.2, -0.15) is 0 Å². The average molecular weight is 933 g/mol. The standard InChI is InChI=1S/C56H105N2O6P/c1-6-8-10-12-14-16-18-20-22-24-26-28-30-31-33-35-37-39-41-43-45-47-49-55(59)54(53-64-65(61,62)63-52-51-58(3,4)5)57-56(60)50-48-46-44-42-40-38-36-34-32-29-27-25-23-21-19-17-15-13-11-9-7-2/h9,11,15,17,21,23,27,29,34,36,54-55,59H,6-8,10,12-14,16,18-20,22,24-26,28,30-33,35,37-53H2,1-5H3,(H-,57,60,61,62)/b11-9-,17-15-,23-21-,29-27-,36-34-. The van der Waals surface area contributed by atoms with Crippen molar-refractivity contribution in [2.75, 3.05) is 40.9 Å². The van der Waals surface area contributed by atoms with Crippen LogP contribution in [-0.4, -0.2) is 68.5 Å². The van der Waals surface area contributed by atoms with Gasteiger partial charge in [0.1, 0.15) is 13.2 Å². The number of aliphatic hydroxyl groups is 1. The van der Waals surface area contributed by atoms with E-state index in [0.29, 0.717) is 23.9 Å². The topological polar surface area (TPSA) is 108 Å². The first-order chi connectivity index (χ1) is 31.5. The number of phosphoric acid groups is 1. The van der Waals surface area contributed by atoms with E-state index in [1.54, 1.807) is 0 Å². The van der Waals surface area contributed by atoms with Crippen molar-refractivity contribution in [1.29, 1.82) is 0 Å². The molecule has 0 aromatic heterocycles. The number of amides is 1. The summed E-state index contributed by atoms with van der Waals surface area (Å²) in [5, 5.41) is 14.0. The monoisotopic (exact) mass is 933 g/mol. The van der Waals surface area contributed by atoms with Crippen molar-refractivity contribution in [3.63, 3.8) is 0 Å². The first kappa shape index (κ1) is 63.2. The zero-order valence-corrected chi connectivity index (χ0v) is 44.1. The first-order valence-corrected chi connectivity index (χ1v) is 28.6. The smallest absolute Gasteiger partial charge is 0.268 e. The largest absolute Gasteiger partial charge is 0.756 e. The summed E-state index contributed by atoms with van der Waals surface area (Å²) in [5.41, 5.74) is 0. The lowest BCUT2D eigenvalue weighted by molar-refractivity contribution is -0.870. The molecular formula is C56H105N2O6P. The van der Waals surface area contributed by atoms with E-state index in [1.165, 1.54) is 122 Å². The van der Waals surface area contributed by atoms with Gasteiger partial charge in [-0.3, -0.25) is 9.36 Å². The highest BCUT2D eigenvalue weighted by atomic mass is 31.2. The lowest BCUT2D eigenvalue weighted by Gasteiger charge is -2.30. The number of hydrogen-bond acceptors (Lipinski definition) is 6. The molecule has 1 amide bonds. The molecule has 0 aliphatic rings. The predicted octanol–water partition coefficient (Wildman–Crippen LogP) is 15.5. The number of phosphoric ester groups is 1. The summed E-state index contributed by atoms with van der Waals surface area (Å²) in [7, 11) is 1.29. The summed E-state index contributed by atoms with van der Waals surface area (Å²) < 4.78 is 23.4. The molecule has 0 saturated heterocycles. The Kier molecular flexibility index (Phi) is 46.0. The number of hydrogen-bond donors (Lipinski definition) is 2. The van der Waals surface area contributed by atoms with Gasteiger partial charge >= 0.3 is 0 Å². The fourth-order valence-corrected chi connectivity index (χ4v) is 8.50. The third kappa shape index (κ3) is 49.9. The van der Waals surface area contributed by atoms with E-state index in [0.717, 1.165) is 89.9 Å². The summed E-state index contributed by atoms with van der Waals surface area (Å²) in [6.07, 6.45) is 62.4. The number of carbonyl (C=O) groups is 1. The molecule has 0 spiro atoms. The Labute approximate surface area is 402 Å². The predicted molar refractivity (Wildman–Crippen MR) is 279 cm³/mol. The zero-order chi connectivity index (χ0) is 47.8. The molecule has 2 N–H and O–H groups in total. The Bertz CT molecular complexity index is 1240. The van der Waals surface area contributed by atoms with Crippen LogP contribution in [0.1, 0.15) is 239 Å². The van der Waals surface area contributed by atoms with Crippen molar-refractivity contribution in [2.24, 2.45) is 0 Å². The molecule has 3 atom stereocenters. The zero-order valence-electron chi connectivity index (χ0n) is 43.2. The minimum Gasteiger partial charge on any atom is -0.756 e. The fourth-order valence-electron chi connectivity index (χ4n) is 7.77. The van der Waals surface area contributed by atoms with Gasteiger partial charge in [-0.1, -0.05) is 235 Å². The van der Waals surface area contributed by atoms with E-state index < -0.39 is 20.0 Å². The Morgan fingerprint density at radius 1 is 0.554 bits per heavy atom. The van der Waals surface area contributed by atoms with E-state index in [1.807, 2.05) is 21.1 Å². The van der Waals surface area contributed by atoms with Crippen LogP contribution in [0, 0.1) is 0 Å². The Morgan fingerprint density at radius 3 is 1.37 bits per heavy atom. The Balaban J connectivity index is 4.27. The maximum atomic E-state index is 13.0. The van der Waals surface area contributed by atoms with Gasteiger partial charge in [-0.05, 0) is 57.8 Å². The van der Waals surface area contributed by atoms with Gasteiger partial charge in [-0.15, -0.1) is 0 Å². The van der Waals surface area contributed by atoms with Gasteiger partial charge in [0.25, 0.3) is 7.82 Å². The van der Waals surface area contributed by atoms with Crippen molar-refractivity contribution in [2.45, 2.75) is 251 Å². The molecule has 0 rings (SSSR count). The maximum absolute atomic E-state index is 13.0. The molecule has 65 heavy (non-hydrogen) atoms. The second kappa shape index (κ2) is 47.3. The van der Waals surface area contributed by atoms with E-state index in [2.05, 4.69) is 79.9 Å². The minimum atomic E-state index is -4.58. The molecule has 3 unspecified atom stereocenters. The lowest BCUT2D eigenvalue weighted by atomic mass is 10.0. The molecule has 380 valence electrons. The van der Waals surface area contributed by atoms with Crippen LogP contribution in [0.4, 0.5) is 0 Å². The van der Waals surface area contributed by atoms with Crippen LogP contribution in [0.5, 0.6) is 0 Å². The van der Waals surface area contributed by atoms with Crippen LogP contribution < -0.4 is 10.2 Å². The number of nitrogens with zero attached hydrogens (tertiary/aromatic N) is 1. The van der Waals surface area contributed by atoms with Gasteiger partial charge in [0.15, 0.2) is 0 Å². The van der Waals surface area contributed by atoms with Gasteiger partial charge in [-0.25, -0.2) is 0 Å². The number of allylic oxidation sites excluding steroid dienone is 10. The van der Waals surface area contributed by atoms with Crippen LogP contribution in [0.15, 0.2) is 60.8 Å². The minimum absolute atomic E-state index is 0.00561. The van der Waals surface area contributed by atoms with Gasteiger partial charge < -0.3 is 28.8 Å². The third-order valence-corrected chi connectivity index (χ3v) is 13.0. The van der Waals surface area contributed by atoms with Crippen LogP contribution in [-0.2, 0) is 18.4 Å². The molecule has 9 heteroatoms. The molecule has 0 radical (unpaired) electrons. The van der Waals surface area contributed by atoms with Crippen LogP contribution in [0.2, 0.25) is 0 Å². The third-order valence-electron chi connectivity index (χ3n) is 12.0. The molecule has 0 bridgehead atoms. The molecule has 0 fully saturated rings. The van der Waals surface area contributed by atoms with Crippen molar-refractivity contribution in [1.82, 2.24) is 5.32 Å². The van der Waals surface area contributed by atoms with Crippen LogP contribution in [0.25, 0.3) is 0 Å². The number of rotatable bonds is 49. The molecule has 0 aromatic rings. The van der Waals surface area contributed by atoms with Gasteiger partial charge in [0.2, 0.25) is 5.91 Å². The maximum Gasteiger partial charge on any atom is 0.268 e. The van der Waals surface area contributed by atoms with Crippen molar-refractivity contribution >= 4 is 13.7 Å². The van der Waals surface area contributed by atoms with Crippen LogP contribution >= 0.6 is 7.82 Å². The number of unbranched alkanes of at least 4 members (excludes halogenated alkanes) is 26. The highest BCUT2D eigenvalue weighted by Crippen LogP contribution is 2.38. The van der Waals surface area contributed by atoms with E-state index >= 15 is 0 Å². The second-order valence-corrected chi connectivity index (χ2v) is 21.0. The van der Waals surface area contributed by atoms with Crippen molar-refractivity contribution in [3.8, 4) is 0 Å². The van der Waals surface area contributed by atoms with E-state index in [-0.39, 0.29) is 19.1 Å². The molecule has 8 nitrogen and oxygen atoms in total. The molecule has 0 saturated carbocycles. The number of likely N-dealkylation sites (N-methyl/N-ethyl adjacent to an activating group) is 1. The second-order valence-electron chi connectivity index (χ2n) is 19.6. The average Bonchev–Trinajstić information content (AvgIpc) is 3.26. The Hall–Kier alpha value is -1.80. The SMILES string of the molecule is CC/C=C\C/C=C\C/C=C\C/C=C\C/C=C\CCCCCCCC(=O)NC(COP(=O)([O-])OCC[N+](C)(C)C)C(O)CCCCCCCCCCCCCCCCCCCCCCCC. The number of carbonyl (C=O) groups excluding carboxylic acids is 1. The quantitative estimate of drug-likeness (QED) is 0.0272. The van der Waals surface area contributed by atoms with E-state index in [4.69, 9.17) is 9.05 Å². The van der Waals surface area contributed by atoms with E-state index in [9.17, 15) is 19.4 Å². The fraction of sp³-hybridized carbons (Fsp3) is 0.804. The Morgan fingerprint density at radius 2 is 0.938 bits per heavy atom. The highest BCUT2D eigenvalue weighted by molar-refractivity contribution is 7.45. The van der Waals surface area contributed by atoms with Crippen molar-refractivity contribution in [3.05, 3.63) is 60.8 Å².